The second-order valence-corrected chi connectivity index (χ2v) is 7.32. The van der Waals surface area contributed by atoms with Gasteiger partial charge in [0.15, 0.2) is 0 Å². The lowest BCUT2D eigenvalue weighted by Crippen LogP contribution is -2.11. The van der Waals surface area contributed by atoms with Crippen LogP contribution in [0.15, 0.2) is 49.6 Å². The van der Waals surface area contributed by atoms with Crippen molar-refractivity contribution < 1.29 is 0 Å². The minimum atomic E-state index is 0.0815. The van der Waals surface area contributed by atoms with Crippen molar-refractivity contribution >= 4 is 55.0 Å². The maximum Gasteiger partial charge on any atom is 0.0496 e. The van der Waals surface area contributed by atoms with Crippen LogP contribution in [0.1, 0.15) is 10.9 Å². The van der Waals surface area contributed by atoms with Gasteiger partial charge in [0.05, 0.1) is 0 Å². The maximum atomic E-state index is 6.17. The molecule has 2 rings (SSSR count). The van der Waals surface area contributed by atoms with Crippen LogP contribution in [0.5, 0.6) is 0 Å². The van der Waals surface area contributed by atoms with E-state index in [9.17, 15) is 0 Å². The van der Waals surface area contributed by atoms with Gasteiger partial charge in [-0.3, -0.25) is 0 Å². The van der Waals surface area contributed by atoms with Gasteiger partial charge in [-0.05, 0) is 51.6 Å². The molecule has 0 bridgehead atoms. The second kappa shape index (κ2) is 6.38. The molecule has 0 aliphatic carbocycles. The third-order valence-electron chi connectivity index (χ3n) is 2.22. The van der Waals surface area contributed by atoms with E-state index in [1.807, 2.05) is 6.07 Å². The van der Waals surface area contributed by atoms with Crippen LogP contribution in [-0.4, -0.2) is 5.75 Å². The summed E-state index contributed by atoms with van der Waals surface area (Å²) in [6.07, 6.45) is 0. The molecule has 1 aromatic carbocycles. The van der Waals surface area contributed by atoms with Crippen LogP contribution in [0.3, 0.4) is 0 Å². The van der Waals surface area contributed by atoms with Crippen LogP contribution in [0.4, 0.5) is 0 Å². The summed E-state index contributed by atoms with van der Waals surface area (Å²) in [6, 6.07) is 10.4. The predicted octanol–water partition coefficient (Wildman–Crippen LogP) is 5.07. The summed E-state index contributed by atoms with van der Waals surface area (Å²) in [5, 5.41) is 2.06. The van der Waals surface area contributed by atoms with E-state index >= 15 is 0 Å². The lowest BCUT2D eigenvalue weighted by molar-refractivity contribution is 0.847. The van der Waals surface area contributed by atoms with Gasteiger partial charge in [-0.25, -0.2) is 0 Å². The van der Waals surface area contributed by atoms with Crippen LogP contribution in [0.25, 0.3) is 0 Å². The molecule has 0 amide bonds. The van der Waals surface area contributed by atoms with E-state index < -0.39 is 0 Å². The number of nitrogens with two attached hydrogens (primary N) is 1. The van der Waals surface area contributed by atoms with Gasteiger partial charge in [-0.15, -0.1) is 23.1 Å². The van der Waals surface area contributed by atoms with Crippen molar-refractivity contribution in [3.63, 3.8) is 0 Å². The van der Waals surface area contributed by atoms with Crippen LogP contribution >= 0.6 is 55.0 Å². The first-order valence-electron chi connectivity index (χ1n) is 5.03. The van der Waals surface area contributed by atoms with Gasteiger partial charge in [-0.2, -0.15) is 0 Å². The molecule has 1 atom stereocenters. The van der Waals surface area contributed by atoms with E-state index in [0.29, 0.717) is 0 Å². The van der Waals surface area contributed by atoms with E-state index in [1.165, 1.54) is 9.77 Å². The molecule has 0 aliphatic rings. The van der Waals surface area contributed by atoms with Gasteiger partial charge in [0.25, 0.3) is 0 Å². The standard InChI is InChI=1S/C12H11Br2NS2/c13-8-1-3-9(4-2-8)17-7-11(15)12-10(14)5-6-16-12/h1-6,11H,7,15H2. The first-order chi connectivity index (χ1) is 8.16. The fourth-order valence-electron chi connectivity index (χ4n) is 1.36. The summed E-state index contributed by atoms with van der Waals surface area (Å²) in [7, 11) is 0. The van der Waals surface area contributed by atoms with Crippen molar-refractivity contribution in [2.24, 2.45) is 5.73 Å². The monoisotopic (exact) mass is 391 g/mol. The lowest BCUT2D eigenvalue weighted by Gasteiger charge is -2.10. The Morgan fingerprint density at radius 3 is 2.47 bits per heavy atom. The summed E-state index contributed by atoms with van der Waals surface area (Å²) in [4.78, 5) is 2.46. The molecule has 17 heavy (non-hydrogen) atoms. The molecule has 5 heteroatoms. The fraction of sp³-hybridized carbons (Fsp3) is 0.167. The Morgan fingerprint density at radius 1 is 1.18 bits per heavy atom. The molecule has 1 unspecified atom stereocenters. The Balaban J connectivity index is 1.94. The molecule has 0 saturated carbocycles. The Bertz CT molecular complexity index is 482. The first-order valence-corrected chi connectivity index (χ1v) is 8.49. The third kappa shape index (κ3) is 3.83. The number of benzene rings is 1. The van der Waals surface area contributed by atoms with E-state index in [0.717, 1.165) is 14.7 Å². The largest absolute Gasteiger partial charge is 0.323 e. The fourth-order valence-corrected chi connectivity index (χ4v) is 4.27. The van der Waals surface area contributed by atoms with Gasteiger partial charge in [0, 0.05) is 30.5 Å². The lowest BCUT2D eigenvalue weighted by atomic mass is 10.3. The van der Waals surface area contributed by atoms with Crippen molar-refractivity contribution in [1.29, 1.82) is 0 Å². The van der Waals surface area contributed by atoms with E-state index in [2.05, 4.69) is 61.5 Å². The zero-order valence-corrected chi connectivity index (χ0v) is 13.7. The van der Waals surface area contributed by atoms with Crippen molar-refractivity contribution in [2.45, 2.75) is 10.9 Å². The molecular formula is C12H11Br2NS2. The molecule has 2 aromatic rings. The number of halogens is 2. The smallest absolute Gasteiger partial charge is 0.0496 e. The van der Waals surface area contributed by atoms with E-state index in [-0.39, 0.29) is 6.04 Å². The van der Waals surface area contributed by atoms with Crippen LogP contribution < -0.4 is 5.73 Å². The molecule has 1 heterocycles. The van der Waals surface area contributed by atoms with Crippen LogP contribution in [0, 0.1) is 0 Å². The zero-order valence-electron chi connectivity index (χ0n) is 8.90. The molecule has 0 fully saturated rings. The maximum absolute atomic E-state index is 6.17. The quantitative estimate of drug-likeness (QED) is 0.735. The summed E-state index contributed by atoms with van der Waals surface area (Å²) < 4.78 is 2.22. The second-order valence-electron chi connectivity index (χ2n) is 3.50. The molecule has 0 spiro atoms. The molecule has 0 radical (unpaired) electrons. The van der Waals surface area contributed by atoms with Crippen molar-refractivity contribution in [3.8, 4) is 0 Å². The molecule has 1 nitrogen and oxygen atoms in total. The predicted molar refractivity (Wildman–Crippen MR) is 83.8 cm³/mol. The van der Waals surface area contributed by atoms with E-state index in [1.54, 1.807) is 23.1 Å². The van der Waals surface area contributed by atoms with Gasteiger partial charge < -0.3 is 5.73 Å². The minimum Gasteiger partial charge on any atom is -0.323 e. The summed E-state index contributed by atoms with van der Waals surface area (Å²) in [5.41, 5.74) is 6.17. The topological polar surface area (TPSA) is 26.0 Å². The SMILES string of the molecule is NC(CSc1ccc(Br)cc1)c1sccc1Br. The van der Waals surface area contributed by atoms with E-state index in [4.69, 9.17) is 5.73 Å². The van der Waals surface area contributed by atoms with Crippen molar-refractivity contribution in [1.82, 2.24) is 0 Å². The highest BCUT2D eigenvalue weighted by molar-refractivity contribution is 9.10. The Morgan fingerprint density at radius 2 is 1.88 bits per heavy atom. The minimum absolute atomic E-state index is 0.0815. The summed E-state index contributed by atoms with van der Waals surface area (Å²) >= 11 is 10.4. The van der Waals surface area contributed by atoms with Gasteiger partial charge >= 0.3 is 0 Å². The van der Waals surface area contributed by atoms with Crippen molar-refractivity contribution in [2.75, 3.05) is 5.75 Å². The molecule has 0 saturated heterocycles. The highest BCUT2D eigenvalue weighted by atomic mass is 79.9. The number of thiophene rings is 1. The molecule has 2 N–H and O–H groups in total. The summed E-state index contributed by atoms with van der Waals surface area (Å²) in [5.74, 6) is 0.890. The van der Waals surface area contributed by atoms with Gasteiger partial charge in [-0.1, -0.05) is 15.9 Å². The molecule has 90 valence electrons. The molecule has 0 aliphatic heterocycles. The van der Waals surface area contributed by atoms with Crippen LogP contribution in [0.2, 0.25) is 0 Å². The summed E-state index contributed by atoms with van der Waals surface area (Å²) in [6.45, 7) is 0. The Hall–Kier alpha value is 0.190. The number of hydrogen-bond donors (Lipinski definition) is 1. The highest BCUT2D eigenvalue weighted by Crippen LogP contribution is 2.31. The zero-order chi connectivity index (χ0) is 12.3. The normalized spacial score (nSPS) is 12.6. The average Bonchev–Trinajstić information content (AvgIpc) is 2.74. The highest BCUT2D eigenvalue weighted by Gasteiger charge is 2.11. The number of rotatable bonds is 4. The Kier molecular flexibility index (Phi) is 5.11. The van der Waals surface area contributed by atoms with Crippen molar-refractivity contribution in [3.05, 3.63) is 49.5 Å². The molecule has 1 aromatic heterocycles. The first kappa shape index (κ1) is 13.6. The van der Waals surface area contributed by atoms with Gasteiger partial charge in [0.2, 0.25) is 0 Å². The van der Waals surface area contributed by atoms with Gasteiger partial charge in [0.1, 0.15) is 0 Å². The van der Waals surface area contributed by atoms with Crippen LogP contribution in [-0.2, 0) is 0 Å². The molecular weight excluding hydrogens is 382 g/mol. The Labute approximate surface area is 126 Å². The number of thioether (sulfide) groups is 1. The number of hydrogen-bond acceptors (Lipinski definition) is 3. The third-order valence-corrected chi connectivity index (χ3v) is 5.89. The average molecular weight is 393 g/mol.